The number of fused-ring (bicyclic) bond motifs is 1. The van der Waals surface area contributed by atoms with E-state index >= 15 is 0 Å². The number of carbonyl (C=O) groups is 2. The molecule has 2 amide bonds. The van der Waals surface area contributed by atoms with Crippen LogP contribution in [0.1, 0.15) is 25.3 Å². The molecular formula is C20H22N6O4. The van der Waals surface area contributed by atoms with Gasteiger partial charge in [0.05, 0.1) is 12.9 Å². The second-order valence-electron chi connectivity index (χ2n) is 7.26. The van der Waals surface area contributed by atoms with Gasteiger partial charge in [-0.2, -0.15) is 0 Å². The summed E-state index contributed by atoms with van der Waals surface area (Å²) in [6, 6.07) is 9.31. The third-order valence-corrected chi connectivity index (χ3v) is 5.08. The van der Waals surface area contributed by atoms with Gasteiger partial charge in [-0.3, -0.25) is 29.8 Å². The molecule has 1 aliphatic carbocycles. The van der Waals surface area contributed by atoms with Gasteiger partial charge >= 0.3 is 5.69 Å². The topological polar surface area (TPSA) is 120 Å². The standard InChI is InChI=1S/C20H22N6O4/c1-2-24-12-21-17-16(24)19(29)26(11-15(27)22-23-18(28)14-8-9-14)20(30)25(17)10-13-6-4-3-5-7-13/h3-7,12,14H,2,8-11H2,1H3,(H,22,27)(H,23,28). The summed E-state index contributed by atoms with van der Waals surface area (Å²) >= 11 is 0. The number of hydrogen-bond donors (Lipinski definition) is 2. The Kier molecular flexibility index (Phi) is 5.21. The highest BCUT2D eigenvalue weighted by molar-refractivity contribution is 5.84. The lowest BCUT2D eigenvalue weighted by atomic mass is 10.2. The van der Waals surface area contributed by atoms with Gasteiger partial charge in [0, 0.05) is 12.5 Å². The molecule has 10 heteroatoms. The van der Waals surface area contributed by atoms with Gasteiger partial charge in [0.1, 0.15) is 6.54 Å². The zero-order valence-corrected chi connectivity index (χ0v) is 16.5. The molecule has 0 atom stereocenters. The lowest BCUT2D eigenvalue weighted by Crippen LogP contribution is -2.48. The van der Waals surface area contributed by atoms with Crippen LogP contribution in [0.15, 0.2) is 46.2 Å². The Morgan fingerprint density at radius 2 is 1.83 bits per heavy atom. The summed E-state index contributed by atoms with van der Waals surface area (Å²) in [5.74, 6) is -1.00. The fraction of sp³-hybridized carbons (Fsp3) is 0.350. The smallest absolute Gasteiger partial charge is 0.325 e. The number of imidazole rings is 1. The second kappa shape index (κ2) is 7.97. The summed E-state index contributed by atoms with van der Waals surface area (Å²) in [4.78, 5) is 54.4. The van der Waals surface area contributed by atoms with Gasteiger partial charge in [-0.25, -0.2) is 14.3 Å². The summed E-state index contributed by atoms with van der Waals surface area (Å²) < 4.78 is 3.90. The van der Waals surface area contributed by atoms with Crippen LogP contribution >= 0.6 is 0 Å². The van der Waals surface area contributed by atoms with E-state index in [4.69, 9.17) is 0 Å². The zero-order valence-electron chi connectivity index (χ0n) is 16.5. The molecule has 10 nitrogen and oxygen atoms in total. The lowest BCUT2D eigenvalue weighted by Gasteiger charge is -2.13. The van der Waals surface area contributed by atoms with E-state index in [2.05, 4.69) is 15.8 Å². The molecule has 1 aliphatic rings. The van der Waals surface area contributed by atoms with E-state index in [-0.39, 0.29) is 29.5 Å². The molecule has 0 unspecified atom stereocenters. The van der Waals surface area contributed by atoms with Gasteiger partial charge in [0.15, 0.2) is 11.2 Å². The Morgan fingerprint density at radius 1 is 1.10 bits per heavy atom. The van der Waals surface area contributed by atoms with Crippen molar-refractivity contribution in [2.24, 2.45) is 5.92 Å². The van der Waals surface area contributed by atoms with Crippen molar-refractivity contribution in [3.05, 3.63) is 63.1 Å². The molecule has 1 saturated carbocycles. The van der Waals surface area contributed by atoms with Gasteiger partial charge in [-0.05, 0) is 25.3 Å². The molecule has 156 valence electrons. The van der Waals surface area contributed by atoms with Crippen LogP contribution in [0.25, 0.3) is 11.2 Å². The average Bonchev–Trinajstić information content (AvgIpc) is 3.52. The van der Waals surface area contributed by atoms with Crippen LogP contribution < -0.4 is 22.1 Å². The van der Waals surface area contributed by atoms with Crippen molar-refractivity contribution in [2.75, 3.05) is 0 Å². The molecule has 0 saturated heterocycles. The molecule has 1 fully saturated rings. The first-order valence-electron chi connectivity index (χ1n) is 9.80. The predicted octanol–water partition coefficient (Wildman–Crippen LogP) is -0.0147. The van der Waals surface area contributed by atoms with Crippen LogP contribution in [-0.2, 0) is 29.2 Å². The molecule has 0 radical (unpaired) electrons. The molecular weight excluding hydrogens is 388 g/mol. The number of rotatable bonds is 6. The SMILES string of the molecule is CCn1cnc2c1c(=O)n(CC(=O)NNC(=O)C1CC1)c(=O)n2Cc1ccccc1. The Balaban J connectivity index is 1.71. The minimum atomic E-state index is -0.656. The highest BCUT2D eigenvalue weighted by atomic mass is 16.2. The number of benzene rings is 1. The highest BCUT2D eigenvalue weighted by Crippen LogP contribution is 2.28. The van der Waals surface area contributed by atoms with Crippen molar-refractivity contribution in [1.82, 2.24) is 29.5 Å². The fourth-order valence-electron chi connectivity index (χ4n) is 3.29. The number of aromatic nitrogens is 4. The third kappa shape index (κ3) is 3.76. The Bertz CT molecular complexity index is 1220. The molecule has 4 rings (SSSR count). The van der Waals surface area contributed by atoms with Gasteiger partial charge in [-0.15, -0.1) is 0 Å². The van der Waals surface area contributed by atoms with Gasteiger partial charge in [-0.1, -0.05) is 30.3 Å². The lowest BCUT2D eigenvalue weighted by molar-refractivity contribution is -0.129. The summed E-state index contributed by atoms with van der Waals surface area (Å²) in [6.45, 7) is 2.04. The third-order valence-electron chi connectivity index (χ3n) is 5.08. The minimum absolute atomic E-state index is 0.0774. The van der Waals surface area contributed by atoms with Crippen LogP contribution in [0.4, 0.5) is 0 Å². The molecule has 0 bridgehead atoms. The number of nitrogens with one attached hydrogen (secondary N) is 2. The monoisotopic (exact) mass is 410 g/mol. The van der Waals surface area contributed by atoms with Crippen molar-refractivity contribution in [3.63, 3.8) is 0 Å². The Labute approximate surface area is 171 Å². The molecule has 0 spiro atoms. The molecule has 30 heavy (non-hydrogen) atoms. The van der Waals surface area contributed by atoms with Gasteiger partial charge in [0.25, 0.3) is 11.5 Å². The highest BCUT2D eigenvalue weighted by Gasteiger charge is 2.30. The van der Waals surface area contributed by atoms with E-state index < -0.39 is 23.7 Å². The van der Waals surface area contributed by atoms with E-state index in [0.717, 1.165) is 23.0 Å². The molecule has 2 aromatic heterocycles. The number of hydrogen-bond acceptors (Lipinski definition) is 5. The molecule has 1 aromatic carbocycles. The Morgan fingerprint density at radius 3 is 2.50 bits per heavy atom. The number of hydrazine groups is 1. The molecule has 2 N–H and O–H groups in total. The summed E-state index contributed by atoms with van der Waals surface area (Å²) in [6.07, 6.45) is 3.10. The first kappa shape index (κ1) is 19.6. The maximum Gasteiger partial charge on any atom is 0.333 e. The first-order chi connectivity index (χ1) is 14.5. The van der Waals surface area contributed by atoms with E-state index in [1.54, 1.807) is 4.57 Å². The normalized spacial score (nSPS) is 13.4. The predicted molar refractivity (Wildman–Crippen MR) is 108 cm³/mol. The summed E-state index contributed by atoms with van der Waals surface area (Å²) in [7, 11) is 0. The second-order valence-corrected chi connectivity index (χ2v) is 7.26. The van der Waals surface area contributed by atoms with E-state index in [1.165, 1.54) is 10.9 Å². The quantitative estimate of drug-likeness (QED) is 0.554. The van der Waals surface area contributed by atoms with Crippen LogP contribution in [0.5, 0.6) is 0 Å². The molecule has 2 heterocycles. The van der Waals surface area contributed by atoms with Crippen LogP contribution in [0, 0.1) is 5.92 Å². The van der Waals surface area contributed by atoms with Crippen LogP contribution in [-0.4, -0.2) is 30.5 Å². The number of nitrogens with zero attached hydrogens (tertiary/aromatic N) is 4. The maximum atomic E-state index is 13.1. The number of carbonyl (C=O) groups excluding carboxylic acids is 2. The number of aryl methyl sites for hydroxylation is 1. The average molecular weight is 410 g/mol. The van der Waals surface area contributed by atoms with Crippen molar-refractivity contribution in [3.8, 4) is 0 Å². The van der Waals surface area contributed by atoms with Crippen LogP contribution in [0.3, 0.4) is 0 Å². The van der Waals surface area contributed by atoms with E-state index in [9.17, 15) is 19.2 Å². The number of amides is 2. The Hall–Kier alpha value is -3.69. The zero-order chi connectivity index (χ0) is 21.3. The van der Waals surface area contributed by atoms with E-state index in [0.29, 0.717) is 6.54 Å². The largest absolute Gasteiger partial charge is 0.333 e. The van der Waals surface area contributed by atoms with Crippen LogP contribution in [0.2, 0.25) is 0 Å². The van der Waals surface area contributed by atoms with E-state index in [1.807, 2.05) is 37.3 Å². The van der Waals surface area contributed by atoms with Gasteiger partial charge < -0.3 is 4.57 Å². The van der Waals surface area contributed by atoms with Gasteiger partial charge in [0.2, 0.25) is 5.91 Å². The molecule has 3 aromatic rings. The fourth-order valence-corrected chi connectivity index (χ4v) is 3.29. The van der Waals surface area contributed by atoms with Crippen molar-refractivity contribution < 1.29 is 9.59 Å². The van der Waals surface area contributed by atoms with Crippen molar-refractivity contribution in [2.45, 2.75) is 39.4 Å². The molecule has 0 aliphatic heterocycles. The van der Waals surface area contributed by atoms with Crippen molar-refractivity contribution in [1.29, 1.82) is 0 Å². The maximum absolute atomic E-state index is 13.1. The first-order valence-corrected chi connectivity index (χ1v) is 9.80. The minimum Gasteiger partial charge on any atom is -0.325 e. The summed E-state index contributed by atoms with van der Waals surface area (Å²) in [5, 5.41) is 0. The summed E-state index contributed by atoms with van der Waals surface area (Å²) in [5.41, 5.74) is 4.76. The van der Waals surface area contributed by atoms with Crippen molar-refractivity contribution >= 4 is 23.0 Å².